The molecule has 0 bridgehead atoms. The summed E-state index contributed by atoms with van der Waals surface area (Å²) in [7, 11) is 0. The summed E-state index contributed by atoms with van der Waals surface area (Å²) in [6.45, 7) is 8.84. The van der Waals surface area contributed by atoms with Gasteiger partial charge in [-0.1, -0.05) is 31.0 Å². The van der Waals surface area contributed by atoms with Crippen molar-refractivity contribution in [2.45, 2.75) is 27.7 Å². The Hall–Kier alpha value is -0.270. The Bertz CT molecular complexity index is 198. The summed E-state index contributed by atoms with van der Waals surface area (Å²) in [6, 6.07) is 0. The van der Waals surface area contributed by atoms with Crippen molar-refractivity contribution in [3.63, 3.8) is 0 Å². The number of allylic oxidation sites excluding steroid dienone is 2. The van der Waals surface area contributed by atoms with Crippen molar-refractivity contribution in [3.05, 3.63) is 22.3 Å². The molecule has 0 rings (SSSR count). The van der Waals surface area contributed by atoms with E-state index in [9.17, 15) is 0 Å². The van der Waals surface area contributed by atoms with E-state index in [-0.39, 0.29) is 0 Å². The molecule has 70 valence electrons. The van der Waals surface area contributed by atoms with Crippen LogP contribution in [0.3, 0.4) is 0 Å². The molecule has 0 aromatic heterocycles. The summed E-state index contributed by atoms with van der Waals surface area (Å²) in [5.41, 5.74) is 8.07. The van der Waals surface area contributed by atoms with Gasteiger partial charge in [0, 0.05) is 11.6 Å². The largest absolute Gasteiger partial charge is 0.326 e. The monoisotopic (exact) mass is 187 g/mol. The quantitative estimate of drug-likeness (QED) is 0.676. The Balaban J connectivity index is 4.74. The topological polar surface area (TPSA) is 26.0 Å². The summed E-state index contributed by atoms with van der Waals surface area (Å²) in [6.07, 6.45) is 1.94. The van der Waals surface area contributed by atoms with Gasteiger partial charge in [0.05, 0.1) is 0 Å². The average molecular weight is 188 g/mol. The van der Waals surface area contributed by atoms with Gasteiger partial charge >= 0.3 is 0 Å². The van der Waals surface area contributed by atoms with Crippen LogP contribution >= 0.6 is 11.6 Å². The Kier molecular flexibility index (Phi) is 5.27. The molecule has 0 saturated carbocycles. The van der Waals surface area contributed by atoms with Crippen LogP contribution in [0.2, 0.25) is 0 Å². The first-order chi connectivity index (χ1) is 5.49. The summed E-state index contributed by atoms with van der Waals surface area (Å²) in [4.78, 5) is 0. The molecule has 0 heterocycles. The van der Waals surface area contributed by atoms with Gasteiger partial charge in [0.1, 0.15) is 0 Å². The third-order valence-corrected chi connectivity index (χ3v) is 2.07. The van der Waals surface area contributed by atoms with E-state index in [0.29, 0.717) is 12.5 Å². The van der Waals surface area contributed by atoms with Crippen LogP contribution < -0.4 is 5.73 Å². The van der Waals surface area contributed by atoms with Crippen LogP contribution in [-0.2, 0) is 0 Å². The van der Waals surface area contributed by atoms with Gasteiger partial charge in [0.2, 0.25) is 0 Å². The number of hydrogen-bond acceptors (Lipinski definition) is 1. The van der Waals surface area contributed by atoms with Crippen molar-refractivity contribution >= 4 is 11.6 Å². The third kappa shape index (κ3) is 3.93. The van der Waals surface area contributed by atoms with E-state index in [0.717, 1.165) is 10.6 Å². The van der Waals surface area contributed by atoms with Gasteiger partial charge < -0.3 is 5.73 Å². The zero-order valence-corrected chi connectivity index (χ0v) is 9.07. The smallest absolute Gasteiger partial charge is 0.0178 e. The normalized spacial score (nSPS) is 15.1. The molecule has 12 heavy (non-hydrogen) atoms. The Morgan fingerprint density at radius 3 is 2.17 bits per heavy atom. The van der Waals surface area contributed by atoms with Gasteiger partial charge in [-0.05, 0) is 31.4 Å². The van der Waals surface area contributed by atoms with Crippen LogP contribution in [0.4, 0.5) is 0 Å². The number of hydrogen-bond donors (Lipinski definition) is 1. The molecule has 0 amide bonds. The van der Waals surface area contributed by atoms with Gasteiger partial charge in [-0.2, -0.15) is 0 Å². The van der Waals surface area contributed by atoms with Gasteiger partial charge in [-0.3, -0.25) is 0 Å². The van der Waals surface area contributed by atoms with Gasteiger partial charge in [-0.15, -0.1) is 0 Å². The van der Waals surface area contributed by atoms with Crippen LogP contribution in [0, 0.1) is 5.92 Å². The molecule has 0 fully saturated rings. The Morgan fingerprint density at radius 2 is 1.92 bits per heavy atom. The van der Waals surface area contributed by atoms with Crippen molar-refractivity contribution < 1.29 is 0 Å². The minimum absolute atomic E-state index is 0.538. The molecule has 0 radical (unpaired) electrons. The van der Waals surface area contributed by atoms with Crippen LogP contribution in [0.5, 0.6) is 0 Å². The summed E-state index contributed by atoms with van der Waals surface area (Å²) < 4.78 is 0. The van der Waals surface area contributed by atoms with Crippen molar-refractivity contribution in [1.82, 2.24) is 0 Å². The summed E-state index contributed by atoms with van der Waals surface area (Å²) in [5.74, 6) is 0.538. The van der Waals surface area contributed by atoms with Crippen LogP contribution in [-0.4, -0.2) is 6.54 Å². The molecule has 2 N–H and O–H groups in total. The maximum absolute atomic E-state index is 5.77. The highest BCUT2D eigenvalue weighted by Gasteiger charge is 2.02. The van der Waals surface area contributed by atoms with Gasteiger partial charge in [-0.25, -0.2) is 0 Å². The fourth-order valence-corrected chi connectivity index (χ4v) is 1.08. The summed E-state index contributed by atoms with van der Waals surface area (Å²) >= 11 is 5.77. The van der Waals surface area contributed by atoms with Crippen molar-refractivity contribution in [3.8, 4) is 0 Å². The maximum atomic E-state index is 5.77. The van der Waals surface area contributed by atoms with Crippen LogP contribution in [0.15, 0.2) is 22.3 Å². The van der Waals surface area contributed by atoms with E-state index in [1.807, 2.05) is 13.0 Å². The standard InChI is InChI=1S/C10H18ClN/c1-7(2)9(4)10(6-12)5-8(3)11/h5,7H,6,12H2,1-4H3/b8-5+,10-9-. The molecule has 0 aliphatic carbocycles. The van der Waals surface area contributed by atoms with E-state index < -0.39 is 0 Å². The van der Waals surface area contributed by atoms with Crippen LogP contribution in [0.25, 0.3) is 0 Å². The lowest BCUT2D eigenvalue weighted by atomic mass is 9.99. The van der Waals surface area contributed by atoms with E-state index >= 15 is 0 Å². The lowest BCUT2D eigenvalue weighted by molar-refractivity contribution is 0.756. The molecule has 0 aromatic carbocycles. The average Bonchev–Trinajstić information content (AvgIpc) is 1.98. The fraction of sp³-hybridized carbons (Fsp3) is 0.600. The molecule has 0 spiro atoms. The third-order valence-electron chi connectivity index (χ3n) is 1.97. The second kappa shape index (κ2) is 5.39. The Morgan fingerprint density at radius 1 is 1.42 bits per heavy atom. The highest BCUT2D eigenvalue weighted by Crippen LogP contribution is 2.16. The highest BCUT2D eigenvalue weighted by atomic mass is 35.5. The minimum atomic E-state index is 0.538. The zero-order chi connectivity index (χ0) is 9.72. The van der Waals surface area contributed by atoms with Crippen molar-refractivity contribution in [2.75, 3.05) is 6.54 Å². The summed E-state index contributed by atoms with van der Waals surface area (Å²) in [5, 5.41) is 0.787. The van der Waals surface area contributed by atoms with Crippen LogP contribution in [0.1, 0.15) is 27.7 Å². The number of rotatable bonds is 3. The first-order valence-corrected chi connectivity index (χ1v) is 4.60. The maximum Gasteiger partial charge on any atom is 0.0178 e. The minimum Gasteiger partial charge on any atom is -0.326 e. The van der Waals surface area contributed by atoms with Crippen molar-refractivity contribution in [1.29, 1.82) is 0 Å². The molecule has 0 unspecified atom stereocenters. The fourth-order valence-electron chi connectivity index (χ4n) is 0.945. The van der Waals surface area contributed by atoms with Crippen molar-refractivity contribution in [2.24, 2.45) is 11.7 Å². The lowest BCUT2D eigenvalue weighted by Gasteiger charge is -2.10. The molecule has 0 saturated heterocycles. The second-order valence-electron chi connectivity index (χ2n) is 3.30. The molecule has 0 atom stereocenters. The predicted octanol–water partition coefficient (Wildman–Crippen LogP) is 3.06. The zero-order valence-electron chi connectivity index (χ0n) is 8.32. The van der Waals surface area contributed by atoms with E-state index in [4.69, 9.17) is 17.3 Å². The first kappa shape index (κ1) is 11.7. The highest BCUT2D eigenvalue weighted by molar-refractivity contribution is 6.29. The predicted molar refractivity (Wildman–Crippen MR) is 56.2 cm³/mol. The molecule has 0 aromatic rings. The lowest BCUT2D eigenvalue weighted by Crippen LogP contribution is -2.06. The first-order valence-electron chi connectivity index (χ1n) is 4.22. The van der Waals surface area contributed by atoms with Gasteiger partial charge in [0.25, 0.3) is 0 Å². The second-order valence-corrected chi connectivity index (χ2v) is 3.89. The van der Waals surface area contributed by atoms with E-state index in [1.54, 1.807) is 0 Å². The molecular weight excluding hydrogens is 170 g/mol. The SMILES string of the molecule is C/C(=C(\C=C(/C)Cl)CN)C(C)C. The molecule has 1 nitrogen and oxygen atoms in total. The molecular formula is C10H18ClN. The Labute approximate surface area is 80.3 Å². The molecule has 0 aliphatic rings. The van der Waals surface area contributed by atoms with E-state index in [2.05, 4.69) is 20.8 Å². The number of halogens is 1. The molecule has 2 heteroatoms. The number of nitrogens with two attached hydrogens (primary N) is 1. The van der Waals surface area contributed by atoms with Gasteiger partial charge in [0.15, 0.2) is 0 Å². The molecule has 0 aliphatic heterocycles. The van der Waals surface area contributed by atoms with E-state index in [1.165, 1.54) is 5.57 Å².